The second-order valence-electron chi connectivity index (χ2n) is 2.58. The van der Waals surface area contributed by atoms with Crippen molar-refractivity contribution in [1.29, 1.82) is 0 Å². The van der Waals surface area contributed by atoms with Crippen molar-refractivity contribution in [2.45, 2.75) is 26.7 Å². The minimum absolute atomic E-state index is 0.316. The number of unbranched alkanes of at least 4 members (excludes halogenated alkanes) is 1. The van der Waals surface area contributed by atoms with Gasteiger partial charge in [0.05, 0.1) is 0 Å². The fourth-order valence-electron chi connectivity index (χ4n) is 0.461. The second-order valence-corrected chi connectivity index (χ2v) is 2.58. The first-order valence-electron chi connectivity index (χ1n) is 4.27. The fraction of sp³-hybridized carbons (Fsp3) is 0.400. The van der Waals surface area contributed by atoms with Crippen LogP contribution in [0.4, 0.5) is 0 Å². The lowest BCUT2D eigenvalue weighted by Gasteiger charge is -1.90. The summed E-state index contributed by atoms with van der Waals surface area (Å²) in [6.07, 6.45) is 4.70. The van der Waals surface area contributed by atoms with Gasteiger partial charge in [-0.25, -0.2) is 4.79 Å². The van der Waals surface area contributed by atoms with Gasteiger partial charge in [-0.3, -0.25) is 4.79 Å². The average molecular weight is 199 g/mol. The molecule has 4 heteroatoms. The molecule has 0 rings (SSSR count). The van der Waals surface area contributed by atoms with Crippen LogP contribution in [0.2, 0.25) is 0 Å². The van der Waals surface area contributed by atoms with Gasteiger partial charge in [-0.2, -0.15) is 0 Å². The van der Waals surface area contributed by atoms with Gasteiger partial charge in [-0.15, -0.1) is 0 Å². The molecule has 0 radical (unpaired) electrons. The maximum Gasteiger partial charge on any atom is 0.327 e. The molecule has 0 aliphatic carbocycles. The van der Waals surface area contributed by atoms with Crippen LogP contribution in [0.25, 0.3) is 0 Å². The van der Waals surface area contributed by atoms with E-state index < -0.39 is 5.97 Å². The van der Waals surface area contributed by atoms with Crippen LogP contribution in [0.5, 0.6) is 0 Å². The summed E-state index contributed by atoms with van der Waals surface area (Å²) < 4.78 is 0. The Bertz CT molecular complexity index is 232. The Morgan fingerprint density at radius 1 is 1.50 bits per heavy atom. The van der Waals surface area contributed by atoms with Crippen LogP contribution in [0.3, 0.4) is 0 Å². The van der Waals surface area contributed by atoms with Gasteiger partial charge in [-0.1, -0.05) is 26.0 Å². The molecule has 0 unspecified atom stereocenters. The predicted octanol–water partition coefficient (Wildman–Crippen LogP) is 1.48. The molecule has 0 atom stereocenters. The van der Waals surface area contributed by atoms with Crippen LogP contribution in [0.1, 0.15) is 26.7 Å². The number of hydrogen-bond acceptors (Lipinski definition) is 2. The van der Waals surface area contributed by atoms with Crippen LogP contribution in [0.15, 0.2) is 24.3 Å². The monoisotopic (exact) mass is 199 g/mol. The number of hydrogen-bond donors (Lipinski definition) is 2. The molecule has 0 aliphatic rings. The Kier molecular flexibility index (Phi) is 10.1. The van der Waals surface area contributed by atoms with Gasteiger partial charge >= 0.3 is 5.97 Å². The van der Waals surface area contributed by atoms with E-state index in [9.17, 15) is 9.59 Å². The molecule has 14 heavy (non-hydrogen) atoms. The summed E-state index contributed by atoms with van der Waals surface area (Å²) in [5.41, 5.74) is 5.63. The van der Waals surface area contributed by atoms with Crippen LogP contribution < -0.4 is 5.73 Å². The van der Waals surface area contributed by atoms with E-state index in [1.807, 2.05) is 6.08 Å². The molecule has 0 spiro atoms. The third-order valence-electron chi connectivity index (χ3n) is 1.30. The molecule has 80 valence electrons. The van der Waals surface area contributed by atoms with Gasteiger partial charge in [0.25, 0.3) is 0 Å². The van der Waals surface area contributed by atoms with E-state index in [1.165, 1.54) is 0 Å². The van der Waals surface area contributed by atoms with Crippen molar-refractivity contribution in [2.24, 2.45) is 5.73 Å². The molecule has 0 bridgehead atoms. The largest absolute Gasteiger partial charge is 0.478 e. The van der Waals surface area contributed by atoms with Gasteiger partial charge < -0.3 is 10.8 Å². The van der Waals surface area contributed by atoms with Crippen molar-refractivity contribution in [3.63, 3.8) is 0 Å². The smallest absolute Gasteiger partial charge is 0.327 e. The molecule has 0 heterocycles. The standard InChI is InChI=1S/C7H13NO.C3H4O2/c1-3-4-5-6(2)7(8)9;1-2-3(4)5/h5H,3-4H2,1-2H3,(H2,8,9);2H,1H2,(H,4,5). The zero-order chi connectivity index (χ0) is 11.6. The number of carboxylic acids is 1. The van der Waals surface area contributed by atoms with Crippen molar-refractivity contribution in [3.05, 3.63) is 24.3 Å². The summed E-state index contributed by atoms with van der Waals surface area (Å²) >= 11 is 0. The number of primary amides is 1. The number of allylic oxidation sites excluding steroid dienone is 1. The molecule has 0 saturated heterocycles. The molecule has 0 aromatic rings. The van der Waals surface area contributed by atoms with E-state index in [0.717, 1.165) is 18.9 Å². The summed E-state index contributed by atoms with van der Waals surface area (Å²) in [6, 6.07) is 0. The number of amides is 1. The van der Waals surface area contributed by atoms with Crippen LogP contribution >= 0.6 is 0 Å². The maximum atomic E-state index is 10.4. The summed E-state index contributed by atoms with van der Waals surface area (Å²) in [4.78, 5) is 19.6. The van der Waals surface area contributed by atoms with E-state index in [-0.39, 0.29) is 5.91 Å². The molecule has 0 fully saturated rings. The van der Waals surface area contributed by atoms with Gasteiger partial charge in [0.15, 0.2) is 0 Å². The van der Waals surface area contributed by atoms with Gasteiger partial charge in [0.1, 0.15) is 0 Å². The first-order valence-corrected chi connectivity index (χ1v) is 4.27. The quantitative estimate of drug-likeness (QED) is 0.673. The summed E-state index contributed by atoms with van der Waals surface area (Å²) in [6.45, 7) is 6.76. The van der Waals surface area contributed by atoms with E-state index in [2.05, 4.69) is 13.5 Å². The Hall–Kier alpha value is -1.58. The molecule has 4 nitrogen and oxygen atoms in total. The Morgan fingerprint density at radius 3 is 2.14 bits per heavy atom. The SMILES string of the molecule is C=CC(=O)O.CCCC=C(C)C(N)=O. The number of carbonyl (C=O) groups is 2. The van der Waals surface area contributed by atoms with E-state index in [4.69, 9.17) is 10.8 Å². The third-order valence-corrected chi connectivity index (χ3v) is 1.30. The Labute approximate surface area is 84.1 Å². The lowest BCUT2D eigenvalue weighted by Crippen LogP contribution is -2.11. The highest BCUT2D eigenvalue weighted by atomic mass is 16.4. The van der Waals surface area contributed by atoms with Gasteiger partial charge in [0, 0.05) is 11.6 Å². The average Bonchev–Trinajstić information content (AvgIpc) is 2.14. The van der Waals surface area contributed by atoms with E-state index >= 15 is 0 Å². The molecular formula is C10H17NO3. The third kappa shape index (κ3) is 13.0. The van der Waals surface area contributed by atoms with Crippen molar-refractivity contribution in [2.75, 3.05) is 0 Å². The first-order chi connectivity index (χ1) is 6.45. The van der Waals surface area contributed by atoms with Crippen molar-refractivity contribution >= 4 is 11.9 Å². The number of nitrogens with two attached hydrogens (primary N) is 1. The zero-order valence-electron chi connectivity index (χ0n) is 8.62. The van der Waals surface area contributed by atoms with Gasteiger partial charge in [0.2, 0.25) is 5.91 Å². The van der Waals surface area contributed by atoms with Crippen molar-refractivity contribution in [1.82, 2.24) is 0 Å². The summed E-state index contributed by atoms with van der Waals surface area (Å²) in [7, 11) is 0. The topological polar surface area (TPSA) is 80.4 Å². The minimum atomic E-state index is -0.981. The minimum Gasteiger partial charge on any atom is -0.478 e. The lowest BCUT2D eigenvalue weighted by molar-refractivity contribution is -0.131. The Morgan fingerprint density at radius 2 is 1.93 bits per heavy atom. The fourth-order valence-corrected chi connectivity index (χ4v) is 0.461. The number of aliphatic carboxylic acids is 1. The molecule has 0 saturated carbocycles. The Balaban J connectivity index is 0. The number of rotatable bonds is 4. The van der Waals surface area contributed by atoms with Gasteiger partial charge in [-0.05, 0) is 13.3 Å². The normalized spacial score (nSPS) is 9.71. The second kappa shape index (κ2) is 9.51. The highest BCUT2D eigenvalue weighted by Crippen LogP contribution is 1.95. The molecule has 0 aromatic heterocycles. The van der Waals surface area contributed by atoms with E-state index in [0.29, 0.717) is 5.57 Å². The number of carboxylic acid groups (broad SMARTS) is 1. The van der Waals surface area contributed by atoms with Crippen molar-refractivity contribution in [3.8, 4) is 0 Å². The van der Waals surface area contributed by atoms with Crippen LogP contribution in [-0.2, 0) is 9.59 Å². The maximum absolute atomic E-state index is 10.4. The van der Waals surface area contributed by atoms with Crippen molar-refractivity contribution < 1.29 is 14.7 Å². The number of carbonyl (C=O) groups excluding carboxylic acids is 1. The highest BCUT2D eigenvalue weighted by Gasteiger charge is 1.93. The highest BCUT2D eigenvalue weighted by molar-refractivity contribution is 5.91. The molecular weight excluding hydrogens is 182 g/mol. The van der Waals surface area contributed by atoms with E-state index in [1.54, 1.807) is 6.92 Å². The molecule has 3 N–H and O–H groups in total. The first kappa shape index (κ1) is 14.9. The van der Waals surface area contributed by atoms with Crippen LogP contribution in [0, 0.1) is 0 Å². The molecule has 0 aromatic carbocycles. The van der Waals surface area contributed by atoms with Crippen LogP contribution in [-0.4, -0.2) is 17.0 Å². The zero-order valence-corrected chi connectivity index (χ0v) is 8.62. The molecule has 0 aliphatic heterocycles. The molecule has 1 amide bonds. The summed E-state index contributed by atoms with van der Waals surface area (Å²) in [5, 5.41) is 7.60. The lowest BCUT2D eigenvalue weighted by atomic mass is 10.2. The summed E-state index contributed by atoms with van der Waals surface area (Å²) in [5.74, 6) is -1.30. The predicted molar refractivity (Wildman–Crippen MR) is 55.7 cm³/mol.